The maximum absolute atomic E-state index is 13.4. The molecular weight excluding hydrogens is 247 g/mol. The number of ether oxygens (including phenoxy) is 1. The summed E-state index contributed by atoms with van der Waals surface area (Å²) in [5.41, 5.74) is 5.90. The zero-order valence-corrected chi connectivity index (χ0v) is 9.59. The van der Waals surface area contributed by atoms with E-state index in [1.54, 1.807) is 6.07 Å². The molecule has 0 bridgehead atoms. The highest BCUT2D eigenvalue weighted by atomic mass is 19.1. The topological polar surface area (TPSA) is 95.7 Å². The molecule has 0 atom stereocenters. The van der Waals surface area contributed by atoms with Gasteiger partial charge in [-0.2, -0.15) is 10.5 Å². The first-order valence-corrected chi connectivity index (χ1v) is 5.17. The summed E-state index contributed by atoms with van der Waals surface area (Å²) in [4.78, 5) is 3.87. The van der Waals surface area contributed by atoms with Crippen LogP contribution in [0, 0.1) is 28.5 Å². The average Bonchev–Trinajstić information content (AvgIpc) is 2.41. The first-order valence-electron chi connectivity index (χ1n) is 5.17. The number of rotatable bonds is 2. The lowest BCUT2D eigenvalue weighted by molar-refractivity contribution is 0.460. The molecule has 2 N–H and O–H groups in total. The Morgan fingerprint density at radius 2 is 1.89 bits per heavy atom. The first-order chi connectivity index (χ1) is 9.15. The Kier molecular flexibility index (Phi) is 3.26. The van der Waals surface area contributed by atoms with Gasteiger partial charge in [0.25, 0.3) is 0 Å². The van der Waals surface area contributed by atoms with Crippen LogP contribution in [0.2, 0.25) is 0 Å². The van der Waals surface area contributed by atoms with E-state index in [0.717, 1.165) is 6.07 Å². The lowest BCUT2D eigenvalue weighted by Crippen LogP contribution is -1.98. The summed E-state index contributed by atoms with van der Waals surface area (Å²) in [6, 6.07) is 8.80. The van der Waals surface area contributed by atoms with Crippen LogP contribution in [-0.4, -0.2) is 4.98 Å². The van der Waals surface area contributed by atoms with Crippen molar-refractivity contribution in [3.8, 4) is 23.8 Å². The maximum Gasteiger partial charge on any atom is 0.244 e. The van der Waals surface area contributed by atoms with E-state index in [4.69, 9.17) is 21.0 Å². The van der Waals surface area contributed by atoms with Crippen molar-refractivity contribution >= 4 is 5.69 Å². The second-order valence-corrected chi connectivity index (χ2v) is 3.54. The number of pyridine rings is 1. The van der Waals surface area contributed by atoms with Crippen LogP contribution >= 0.6 is 0 Å². The Labute approximate surface area is 108 Å². The van der Waals surface area contributed by atoms with Gasteiger partial charge in [0.15, 0.2) is 0 Å². The quantitative estimate of drug-likeness (QED) is 0.887. The number of nitriles is 2. The van der Waals surface area contributed by atoms with Crippen molar-refractivity contribution < 1.29 is 9.13 Å². The zero-order valence-electron chi connectivity index (χ0n) is 9.59. The summed E-state index contributed by atoms with van der Waals surface area (Å²) in [6.07, 6.45) is 1.37. The van der Waals surface area contributed by atoms with Crippen molar-refractivity contribution in [2.75, 3.05) is 5.73 Å². The highest BCUT2D eigenvalue weighted by molar-refractivity contribution is 5.60. The number of hydrogen-bond acceptors (Lipinski definition) is 5. The maximum atomic E-state index is 13.4. The largest absolute Gasteiger partial charge is 0.437 e. The van der Waals surface area contributed by atoms with Gasteiger partial charge in [0, 0.05) is 12.3 Å². The van der Waals surface area contributed by atoms with Gasteiger partial charge in [0.05, 0.1) is 11.1 Å². The molecule has 0 fully saturated rings. The highest BCUT2D eigenvalue weighted by Crippen LogP contribution is 2.28. The Hall–Kier alpha value is -3.12. The second-order valence-electron chi connectivity index (χ2n) is 3.54. The van der Waals surface area contributed by atoms with Crippen LogP contribution in [0.1, 0.15) is 11.1 Å². The molecule has 0 aliphatic rings. The minimum absolute atomic E-state index is 0.0168. The smallest absolute Gasteiger partial charge is 0.244 e. The molecule has 19 heavy (non-hydrogen) atoms. The Bertz CT molecular complexity index is 716. The molecular formula is C13H7FN4O. The molecule has 0 amide bonds. The number of halogens is 1. The molecule has 0 aliphatic carbocycles. The average molecular weight is 254 g/mol. The first kappa shape index (κ1) is 12.3. The molecule has 0 radical (unpaired) electrons. The molecule has 0 saturated heterocycles. The lowest BCUT2D eigenvalue weighted by atomic mass is 10.2. The molecule has 0 unspecified atom stereocenters. The van der Waals surface area contributed by atoms with Crippen LogP contribution in [0.25, 0.3) is 0 Å². The van der Waals surface area contributed by atoms with Crippen molar-refractivity contribution in [2.45, 2.75) is 0 Å². The molecule has 0 spiro atoms. The van der Waals surface area contributed by atoms with Crippen molar-refractivity contribution in [2.24, 2.45) is 0 Å². The monoisotopic (exact) mass is 254 g/mol. The molecule has 92 valence electrons. The predicted molar refractivity (Wildman–Crippen MR) is 64.6 cm³/mol. The Morgan fingerprint density at radius 1 is 1.16 bits per heavy atom. The number of benzene rings is 1. The normalized spacial score (nSPS) is 9.42. The van der Waals surface area contributed by atoms with Gasteiger partial charge in [-0.15, -0.1) is 0 Å². The molecule has 2 rings (SSSR count). The van der Waals surface area contributed by atoms with Gasteiger partial charge in [0.2, 0.25) is 5.88 Å². The van der Waals surface area contributed by atoms with E-state index in [1.165, 1.54) is 24.4 Å². The van der Waals surface area contributed by atoms with Gasteiger partial charge in [-0.3, -0.25) is 0 Å². The van der Waals surface area contributed by atoms with Crippen LogP contribution < -0.4 is 10.5 Å². The predicted octanol–water partition coefficient (Wildman–Crippen LogP) is 2.34. The SMILES string of the molecule is N#Cc1ccc(Oc2nccc(C#N)c2N)cc1F. The fraction of sp³-hybridized carbons (Fsp3) is 0. The van der Waals surface area contributed by atoms with Crippen molar-refractivity contribution in [3.63, 3.8) is 0 Å². The van der Waals surface area contributed by atoms with E-state index >= 15 is 0 Å². The number of nitrogens with zero attached hydrogens (tertiary/aromatic N) is 3. The summed E-state index contributed by atoms with van der Waals surface area (Å²) < 4.78 is 18.7. The van der Waals surface area contributed by atoms with Gasteiger partial charge in [-0.25, -0.2) is 9.37 Å². The molecule has 1 heterocycles. The molecule has 1 aromatic heterocycles. The zero-order chi connectivity index (χ0) is 13.8. The molecule has 0 saturated carbocycles. The number of anilines is 1. The number of nitrogen functional groups attached to an aromatic ring is 1. The molecule has 5 nitrogen and oxygen atoms in total. The van der Waals surface area contributed by atoms with Gasteiger partial charge >= 0.3 is 0 Å². The molecule has 2 aromatic rings. The fourth-order valence-corrected chi connectivity index (χ4v) is 1.39. The minimum atomic E-state index is -0.699. The van der Waals surface area contributed by atoms with Crippen LogP contribution in [0.3, 0.4) is 0 Å². The van der Waals surface area contributed by atoms with E-state index in [0.29, 0.717) is 0 Å². The van der Waals surface area contributed by atoms with Crippen molar-refractivity contribution in [3.05, 3.63) is 47.4 Å². The summed E-state index contributed by atoms with van der Waals surface area (Å²) in [5, 5.41) is 17.4. The summed E-state index contributed by atoms with van der Waals surface area (Å²) in [6.45, 7) is 0. The summed E-state index contributed by atoms with van der Waals surface area (Å²) in [5.74, 6) is -0.538. The lowest BCUT2D eigenvalue weighted by Gasteiger charge is -2.08. The molecule has 0 aliphatic heterocycles. The number of aromatic nitrogens is 1. The minimum Gasteiger partial charge on any atom is -0.437 e. The van der Waals surface area contributed by atoms with Gasteiger partial charge < -0.3 is 10.5 Å². The van der Waals surface area contributed by atoms with Crippen molar-refractivity contribution in [1.29, 1.82) is 10.5 Å². The third-order valence-electron chi connectivity index (χ3n) is 2.35. The van der Waals surface area contributed by atoms with Gasteiger partial charge in [-0.05, 0) is 18.2 Å². The van der Waals surface area contributed by atoms with E-state index in [2.05, 4.69) is 4.98 Å². The van der Waals surface area contributed by atoms with E-state index in [-0.39, 0.29) is 28.4 Å². The van der Waals surface area contributed by atoms with Crippen LogP contribution in [0.15, 0.2) is 30.5 Å². The number of hydrogen-bond donors (Lipinski definition) is 1. The third kappa shape index (κ3) is 2.43. The van der Waals surface area contributed by atoms with Crippen molar-refractivity contribution in [1.82, 2.24) is 4.98 Å². The Morgan fingerprint density at radius 3 is 2.53 bits per heavy atom. The van der Waals surface area contributed by atoms with Crippen LogP contribution in [-0.2, 0) is 0 Å². The van der Waals surface area contributed by atoms with Gasteiger partial charge in [0.1, 0.15) is 29.4 Å². The van der Waals surface area contributed by atoms with E-state index in [9.17, 15) is 4.39 Å². The van der Waals surface area contributed by atoms with Crippen LogP contribution in [0.5, 0.6) is 11.6 Å². The summed E-state index contributed by atoms with van der Waals surface area (Å²) in [7, 11) is 0. The van der Waals surface area contributed by atoms with E-state index in [1.807, 2.05) is 6.07 Å². The molecule has 1 aromatic carbocycles. The number of nitrogens with two attached hydrogens (primary N) is 1. The highest BCUT2D eigenvalue weighted by Gasteiger charge is 2.10. The molecule has 6 heteroatoms. The third-order valence-corrected chi connectivity index (χ3v) is 2.35. The van der Waals surface area contributed by atoms with Crippen LogP contribution in [0.4, 0.5) is 10.1 Å². The standard InChI is InChI=1S/C13H7FN4O/c14-11-5-10(2-1-8(11)6-15)19-13-12(17)9(7-16)3-4-18-13/h1-5H,17H2. The fourth-order valence-electron chi connectivity index (χ4n) is 1.39. The summed E-state index contributed by atoms with van der Waals surface area (Å²) >= 11 is 0. The second kappa shape index (κ2) is 5.03. The van der Waals surface area contributed by atoms with Gasteiger partial charge in [-0.1, -0.05) is 0 Å². The van der Waals surface area contributed by atoms with E-state index < -0.39 is 5.82 Å². The Balaban J connectivity index is 2.35.